The van der Waals surface area contributed by atoms with Gasteiger partial charge in [0.1, 0.15) is 0 Å². The van der Waals surface area contributed by atoms with Crippen LogP contribution < -0.4 is 0 Å². The molecule has 0 N–H and O–H groups in total. The molecular weight excluding hydrogens is 238 g/mol. The van der Waals surface area contributed by atoms with Gasteiger partial charge in [0.25, 0.3) is 0 Å². The second-order valence-electron chi connectivity index (χ2n) is 5.96. The highest BCUT2D eigenvalue weighted by Gasteiger charge is 2.27. The number of rotatable bonds is 2. The van der Waals surface area contributed by atoms with E-state index < -0.39 is 0 Å². The first-order chi connectivity index (χ1) is 9.22. The minimum atomic E-state index is 0.261. The van der Waals surface area contributed by atoms with Crippen LogP contribution in [0.5, 0.6) is 0 Å². The molecule has 0 aliphatic carbocycles. The maximum atomic E-state index is 12.5. The maximum Gasteiger partial charge on any atom is 0.319 e. The molecule has 110 valence electrons. The van der Waals surface area contributed by atoms with E-state index in [4.69, 9.17) is 0 Å². The van der Waals surface area contributed by atoms with Gasteiger partial charge in [0.15, 0.2) is 0 Å². The largest absolute Gasteiger partial charge is 0.325 e. The molecule has 0 aromatic heterocycles. The minimum Gasteiger partial charge on any atom is -0.325 e. The number of carbonyl (C=O) groups excluding carboxylic acids is 1. The Morgan fingerprint density at radius 3 is 2.16 bits per heavy atom. The average molecular weight is 267 g/mol. The third-order valence-electron chi connectivity index (χ3n) is 4.73. The fraction of sp³-hybridized carbons (Fsp3) is 0.933. The Kier molecular flexibility index (Phi) is 5.49. The summed E-state index contributed by atoms with van der Waals surface area (Å²) in [6.07, 6.45) is 7.17. The van der Waals surface area contributed by atoms with Crippen LogP contribution in [-0.4, -0.2) is 66.5 Å². The Bertz CT molecular complexity index is 279. The summed E-state index contributed by atoms with van der Waals surface area (Å²) in [6, 6.07) is 0.704. The summed E-state index contributed by atoms with van der Waals surface area (Å²) in [4.78, 5) is 19.1. The molecule has 4 nitrogen and oxygen atoms in total. The predicted octanol–water partition coefficient (Wildman–Crippen LogP) is 2.40. The molecule has 2 fully saturated rings. The van der Waals surface area contributed by atoms with Crippen molar-refractivity contribution >= 4 is 6.03 Å². The van der Waals surface area contributed by atoms with Crippen LogP contribution in [0.3, 0.4) is 0 Å². The van der Waals surface area contributed by atoms with Crippen molar-refractivity contribution in [3.8, 4) is 0 Å². The van der Waals surface area contributed by atoms with E-state index in [0.717, 1.165) is 45.6 Å². The number of nitrogens with zero attached hydrogens (tertiary/aromatic N) is 3. The monoisotopic (exact) mass is 267 g/mol. The molecule has 0 bridgehead atoms. The Balaban J connectivity index is 1.84. The van der Waals surface area contributed by atoms with E-state index in [2.05, 4.69) is 16.7 Å². The Hall–Kier alpha value is -0.770. The topological polar surface area (TPSA) is 26.8 Å². The summed E-state index contributed by atoms with van der Waals surface area (Å²) >= 11 is 0. The number of piperidine rings is 1. The van der Waals surface area contributed by atoms with E-state index >= 15 is 0 Å². The molecule has 19 heavy (non-hydrogen) atoms. The third-order valence-corrected chi connectivity index (χ3v) is 4.73. The highest BCUT2D eigenvalue weighted by molar-refractivity contribution is 5.74. The Morgan fingerprint density at radius 2 is 1.63 bits per heavy atom. The van der Waals surface area contributed by atoms with Crippen molar-refractivity contribution in [1.29, 1.82) is 0 Å². The molecule has 0 atom stereocenters. The molecule has 2 rings (SSSR count). The van der Waals surface area contributed by atoms with Crippen molar-refractivity contribution in [2.45, 2.75) is 51.5 Å². The molecule has 0 spiro atoms. The normalized spacial score (nSPS) is 23.2. The zero-order chi connectivity index (χ0) is 13.7. The summed E-state index contributed by atoms with van der Waals surface area (Å²) in [5.41, 5.74) is 0. The van der Waals surface area contributed by atoms with Crippen LogP contribution in [0.1, 0.15) is 45.4 Å². The number of amides is 2. The lowest BCUT2D eigenvalue weighted by Crippen LogP contribution is -2.50. The lowest BCUT2D eigenvalue weighted by Gasteiger charge is -2.38. The molecule has 0 aromatic carbocycles. The van der Waals surface area contributed by atoms with Crippen LogP contribution in [-0.2, 0) is 0 Å². The number of carbonyl (C=O) groups is 1. The van der Waals surface area contributed by atoms with Crippen LogP contribution >= 0.6 is 0 Å². The quantitative estimate of drug-likeness (QED) is 0.768. The van der Waals surface area contributed by atoms with Gasteiger partial charge in [-0.1, -0.05) is 19.8 Å². The summed E-state index contributed by atoms with van der Waals surface area (Å²) in [5, 5.41) is 0. The van der Waals surface area contributed by atoms with Gasteiger partial charge in [0, 0.05) is 39.3 Å². The van der Waals surface area contributed by atoms with Gasteiger partial charge in [-0.15, -0.1) is 0 Å². The fourth-order valence-electron chi connectivity index (χ4n) is 3.26. The van der Waals surface area contributed by atoms with Gasteiger partial charge in [-0.05, 0) is 32.2 Å². The van der Waals surface area contributed by atoms with E-state index in [1.165, 1.54) is 25.7 Å². The Morgan fingerprint density at radius 1 is 1.05 bits per heavy atom. The fourth-order valence-corrected chi connectivity index (χ4v) is 3.26. The second-order valence-corrected chi connectivity index (χ2v) is 5.96. The first-order valence-corrected chi connectivity index (χ1v) is 7.96. The molecular formula is C15H29N3O. The van der Waals surface area contributed by atoms with Gasteiger partial charge in [-0.2, -0.15) is 0 Å². The van der Waals surface area contributed by atoms with Gasteiger partial charge >= 0.3 is 6.03 Å². The zero-order valence-electron chi connectivity index (χ0n) is 12.6. The van der Waals surface area contributed by atoms with Crippen molar-refractivity contribution in [3.63, 3.8) is 0 Å². The van der Waals surface area contributed by atoms with E-state index in [0.29, 0.717) is 6.04 Å². The molecule has 2 saturated heterocycles. The predicted molar refractivity (Wildman–Crippen MR) is 78.3 cm³/mol. The molecule has 0 radical (unpaired) electrons. The molecule has 2 aliphatic heterocycles. The molecule has 0 unspecified atom stereocenters. The SMILES string of the molecule is CCN1CCC(N(C)C(=O)N2CCCCCC2)CC1. The summed E-state index contributed by atoms with van der Waals surface area (Å²) in [7, 11) is 2.00. The summed E-state index contributed by atoms with van der Waals surface area (Å²) in [6.45, 7) is 7.54. The van der Waals surface area contributed by atoms with Gasteiger partial charge in [0.05, 0.1) is 0 Å². The summed E-state index contributed by atoms with van der Waals surface area (Å²) in [5.74, 6) is 0. The molecule has 0 aromatic rings. The highest BCUT2D eigenvalue weighted by Crippen LogP contribution is 2.18. The maximum absolute atomic E-state index is 12.5. The van der Waals surface area contributed by atoms with E-state index in [1.54, 1.807) is 0 Å². The lowest BCUT2D eigenvalue weighted by molar-refractivity contribution is 0.114. The number of urea groups is 1. The van der Waals surface area contributed by atoms with E-state index in [-0.39, 0.29) is 6.03 Å². The van der Waals surface area contributed by atoms with E-state index in [1.807, 2.05) is 11.9 Å². The molecule has 0 saturated carbocycles. The van der Waals surface area contributed by atoms with Gasteiger partial charge in [0.2, 0.25) is 0 Å². The first-order valence-electron chi connectivity index (χ1n) is 7.96. The van der Waals surface area contributed by atoms with Crippen molar-refractivity contribution in [3.05, 3.63) is 0 Å². The van der Waals surface area contributed by atoms with Crippen LogP contribution in [0.2, 0.25) is 0 Å². The van der Waals surface area contributed by atoms with Crippen molar-refractivity contribution in [2.75, 3.05) is 39.8 Å². The van der Waals surface area contributed by atoms with E-state index in [9.17, 15) is 4.79 Å². The van der Waals surface area contributed by atoms with Gasteiger partial charge < -0.3 is 14.7 Å². The first kappa shape index (κ1) is 14.6. The van der Waals surface area contributed by atoms with Crippen molar-refractivity contribution < 1.29 is 4.79 Å². The number of likely N-dealkylation sites (tertiary alicyclic amines) is 2. The van der Waals surface area contributed by atoms with Crippen LogP contribution in [0, 0.1) is 0 Å². The van der Waals surface area contributed by atoms with Gasteiger partial charge in [-0.3, -0.25) is 0 Å². The third kappa shape index (κ3) is 3.85. The standard InChI is InChI=1S/C15H29N3O/c1-3-17-12-8-14(9-13-17)16(2)15(19)18-10-6-4-5-7-11-18/h14H,3-13H2,1-2H3. The molecule has 2 heterocycles. The summed E-state index contributed by atoms with van der Waals surface area (Å²) < 4.78 is 0. The number of hydrogen-bond acceptors (Lipinski definition) is 2. The molecule has 2 aliphatic rings. The lowest BCUT2D eigenvalue weighted by atomic mass is 10.0. The molecule has 4 heteroatoms. The van der Waals surface area contributed by atoms with Crippen molar-refractivity contribution in [1.82, 2.24) is 14.7 Å². The van der Waals surface area contributed by atoms with Crippen LogP contribution in [0.15, 0.2) is 0 Å². The zero-order valence-corrected chi connectivity index (χ0v) is 12.6. The number of hydrogen-bond donors (Lipinski definition) is 0. The highest BCUT2D eigenvalue weighted by atomic mass is 16.2. The minimum absolute atomic E-state index is 0.261. The smallest absolute Gasteiger partial charge is 0.319 e. The van der Waals surface area contributed by atoms with Crippen LogP contribution in [0.4, 0.5) is 4.79 Å². The second kappa shape index (κ2) is 7.13. The average Bonchev–Trinajstić information content (AvgIpc) is 2.75. The Labute approximate surface area is 117 Å². The van der Waals surface area contributed by atoms with Gasteiger partial charge in [-0.25, -0.2) is 4.79 Å². The van der Waals surface area contributed by atoms with Crippen molar-refractivity contribution in [2.24, 2.45) is 0 Å². The van der Waals surface area contributed by atoms with Crippen LogP contribution in [0.25, 0.3) is 0 Å². The molecule has 2 amide bonds.